The normalized spacial score (nSPS) is 17.2. The van der Waals surface area contributed by atoms with Crippen LogP contribution < -0.4 is 5.73 Å². The second-order valence-corrected chi connectivity index (χ2v) is 4.91. The number of amides is 1. The van der Waals surface area contributed by atoms with E-state index >= 15 is 0 Å². The van der Waals surface area contributed by atoms with Crippen molar-refractivity contribution in [3.8, 4) is 0 Å². The van der Waals surface area contributed by atoms with Crippen molar-refractivity contribution in [1.29, 1.82) is 0 Å². The number of hydrogen-bond acceptors (Lipinski definition) is 3. The number of rotatable bonds is 4. The Labute approximate surface area is 117 Å². The second-order valence-electron chi connectivity index (χ2n) is 4.55. The van der Waals surface area contributed by atoms with Crippen LogP contribution in [0.5, 0.6) is 0 Å². The highest BCUT2D eigenvalue weighted by molar-refractivity contribution is 7.80. The monoisotopic (exact) mass is 281 g/mol. The fourth-order valence-electron chi connectivity index (χ4n) is 2.23. The van der Waals surface area contributed by atoms with Crippen molar-refractivity contribution in [3.05, 3.63) is 35.6 Å². The van der Waals surface area contributed by atoms with Crippen molar-refractivity contribution in [1.82, 2.24) is 9.80 Å². The minimum Gasteiger partial charge on any atom is -0.342 e. The number of halogens is 1. The molecule has 0 radical (unpaired) electrons. The van der Waals surface area contributed by atoms with Gasteiger partial charge in [-0.25, -0.2) is 4.39 Å². The van der Waals surface area contributed by atoms with Crippen LogP contribution in [0.1, 0.15) is 18.0 Å². The number of carbonyl (C=O) groups is 1. The van der Waals surface area contributed by atoms with E-state index in [2.05, 4.69) is 0 Å². The van der Waals surface area contributed by atoms with Crippen LogP contribution in [0.15, 0.2) is 24.3 Å². The number of likely N-dealkylation sites (N-methyl/N-ethyl adjacent to an activating group) is 1. The number of hydrogen-bond donors (Lipinski definition) is 1. The molecule has 0 bridgehead atoms. The molecular weight excluding hydrogens is 265 g/mol. The molecule has 1 fully saturated rings. The van der Waals surface area contributed by atoms with Crippen molar-refractivity contribution in [3.63, 3.8) is 0 Å². The van der Waals surface area contributed by atoms with Crippen molar-refractivity contribution in [2.45, 2.75) is 12.5 Å². The highest BCUT2D eigenvalue weighted by Gasteiger charge is 2.36. The van der Waals surface area contributed by atoms with Crippen LogP contribution >= 0.6 is 12.2 Å². The minimum atomic E-state index is -0.303. The van der Waals surface area contributed by atoms with E-state index in [-0.39, 0.29) is 24.3 Å². The van der Waals surface area contributed by atoms with E-state index in [0.717, 1.165) is 5.56 Å². The Morgan fingerprint density at radius 3 is 2.53 bits per heavy atom. The molecule has 19 heavy (non-hydrogen) atoms. The number of benzene rings is 1. The maximum Gasteiger partial charge on any atom is 0.248 e. The zero-order valence-corrected chi connectivity index (χ0v) is 11.5. The molecule has 4 nitrogen and oxygen atoms in total. The van der Waals surface area contributed by atoms with Crippen LogP contribution in [0, 0.1) is 5.82 Å². The third-order valence-electron chi connectivity index (χ3n) is 3.18. The maximum absolute atomic E-state index is 13.0. The maximum atomic E-state index is 13.0. The zero-order chi connectivity index (χ0) is 14.0. The lowest BCUT2D eigenvalue weighted by atomic mass is 10.0. The summed E-state index contributed by atoms with van der Waals surface area (Å²) in [5, 5.41) is 0.493. The van der Waals surface area contributed by atoms with Gasteiger partial charge in [0.25, 0.3) is 0 Å². The fourth-order valence-corrected chi connectivity index (χ4v) is 2.53. The van der Waals surface area contributed by atoms with E-state index in [9.17, 15) is 9.18 Å². The summed E-state index contributed by atoms with van der Waals surface area (Å²) >= 11 is 5.27. The molecule has 1 atom stereocenters. The van der Waals surface area contributed by atoms with Gasteiger partial charge in [0.1, 0.15) is 5.82 Å². The first-order chi connectivity index (χ1) is 9.04. The molecule has 0 aromatic heterocycles. The van der Waals surface area contributed by atoms with Crippen molar-refractivity contribution in [2.75, 3.05) is 20.1 Å². The Morgan fingerprint density at radius 2 is 2.05 bits per heavy atom. The summed E-state index contributed by atoms with van der Waals surface area (Å²) in [6, 6.07) is 5.88. The molecule has 1 heterocycles. The van der Waals surface area contributed by atoms with Gasteiger partial charge in [0.15, 0.2) is 5.11 Å². The predicted molar refractivity (Wildman–Crippen MR) is 74.9 cm³/mol. The molecule has 1 aliphatic heterocycles. The predicted octanol–water partition coefficient (Wildman–Crippen LogP) is 1.27. The summed E-state index contributed by atoms with van der Waals surface area (Å²) in [5.41, 5.74) is 6.47. The molecule has 6 heteroatoms. The number of nitrogens with zero attached hydrogens (tertiary/aromatic N) is 2. The lowest BCUT2D eigenvalue weighted by Gasteiger charge is -2.28. The third-order valence-corrected chi connectivity index (χ3v) is 3.69. The lowest BCUT2D eigenvalue weighted by Crippen LogP contribution is -2.36. The minimum absolute atomic E-state index is 0.0460. The van der Waals surface area contributed by atoms with Crippen LogP contribution in [-0.2, 0) is 4.79 Å². The summed E-state index contributed by atoms with van der Waals surface area (Å²) < 4.78 is 13.0. The van der Waals surface area contributed by atoms with Gasteiger partial charge in [0.05, 0.1) is 12.6 Å². The van der Waals surface area contributed by atoms with E-state index in [4.69, 9.17) is 18.0 Å². The van der Waals surface area contributed by atoms with Gasteiger partial charge in [0, 0.05) is 7.05 Å². The zero-order valence-electron chi connectivity index (χ0n) is 10.7. The first-order valence-corrected chi connectivity index (χ1v) is 6.48. The second kappa shape index (κ2) is 5.63. The highest BCUT2D eigenvalue weighted by Crippen LogP contribution is 2.28. The van der Waals surface area contributed by atoms with Crippen molar-refractivity contribution in [2.24, 2.45) is 5.73 Å². The third kappa shape index (κ3) is 2.74. The quantitative estimate of drug-likeness (QED) is 0.845. The van der Waals surface area contributed by atoms with Gasteiger partial charge in [0.2, 0.25) is 5.91 Å². The molecule has 1 aromatic carbocycles. The molecule has 0 spiro atoms. The Bertz CT molecular complexity index is 491. The first kappa shape index (κ1) is 13.9. The SMILES string of the molecule is CN1CC(=O)N(C(CCN)c2ccc(F)cc2)C1=S. The van der Waals surface area contributed by atoms with E-state index < -0.39 is 0 Å². The van der Waals surface area contributed by atoms with Gasteiger partial charge < -0.3 is 10.6 Å². The Kier molecular flexibility index (Phi) is 4.11. The van der Waals surface area contributed by atoms with Crippen molar-refractivity contribution >= 4 is 23.2 Å². The Hall–Kier alpha value is -1.53. The Morgan fingerprint density at radius 1 is 1.42 bits per heavy atom. The average molecular weight is 281 g/mol. The highest BCUT2D eigenvalue weighted by atomic mass is 32.1. The van der Waals surface area contributed by atoms with E-state index in [1.165, 1.54) is 12.1 Å². The van der Waals surface area contributed by atoms with Gasteiger partial charge in [-0.05, 0) is 42.9 Å². The summed E-state index contributed by atoms with van der Waals surface area (Å²) in [6.07, 6.45) is 0.589. The molecule has 1 aromatic rings. The number of thiocarbonyl (C=S) groups is 1. The van der Waals surface area contributed by atoms with Gasteiger partial charge >= 0.3 is 0 Å². The van der Waals surface area contributed by atoms with Crippen LogP contribution in [0.4, 0.5) is 4.39 Å². The van der Waals surface area contributed by atoms with Gasteiger partial charge in [-0.1, -0.05) is 12.1 Å². The van der Waals surface area contributed by atoms with Gasteiger partial charge in [-0.15, -0.1) is 0 Å². The molecular formula is C13H16FN3OS. The first-order valence-electron chi connectivity index (χ1n) is 6.07. The molecule has 102 valence electrons. The van der Waals surface area contributed by atoms with Crippen LogP contribution in [0.3, 0.4) is 0 Å². The molecule has 1 unspecified atom stereocenters. The molecule has 1 amide bonds. The van der Waals surface area contributed by atoms with Gasteiger partial charge in [-0.3, -0.25) is 9.69 Å². The standard InChI is InChI=1S/C13H16FN3OS/c1-16-8-12(18)17(13(16)19)11(6-7-15)9-2-4-10(14)5-3-9/h2-5,11H,6-8,15H2,1H3. The molecule has 0 aliphatic carbocycles. The number of nitrogens with two attached hydrogens (primary N) is 1. The smallest absolute Gasteiger partial charge is 0.248 e. The molecule has 0 saturated carbocycles. The summed E-state index contributed by atoms with van der Waals surface area (Å²) in [7, 11) is 1.78. The fraction of sp³-hybridized carbons (Fsp3) is 0.385. The van der Waals surface area contributed by atoms with E-state index in [0.29, 0.717) is 18.1 Å². The molecule has 1 saturated heterocycles. The summed E-state index contributed by atoms with van der Waals surface area (Å²) in [5.74, 6) is -0.349. The average Bonchev–Trinajstić information content (AvgIpc) is 2.62. The number of carbonyl (C=O) groups excluding carboxylic acids is 1. The van der Waals surface area contributed by atoms with Crippen molar-refractivity contribution < 1.29 is 9.18 Å². The van der Waals surface area contributed by atoms with Gasteiger partial charge in [-0.2, -0.15) is 0 Å². The summed E-state index contributed by atoms with van der Waals surface area (Å²) in [4.78, 5) is 15.3. The largest absolute Gasteiger partial charge is 0.342 e. The van der Waals surface area contributed by atoms with Crippen LogP contribution in [-0.4, -0.2) is 41.0 Å². The summed E-state index contributed by atoms with van der Waals surface area (Å²) in [6.45, 7) is 0.708. The topological polar surface area (TPSA) is 49.6 Å². The Balaban J connectivity index is 2.32. The van der Waals surface area contributed by atoms with E-state index in [1.807, 2.05) is 0 Å². The molecule has 2 rings (SSSR count). The molecule has 1 aliphatic rings. The molecule has 2 N–H and O–H groups in total. The van der Waals surface area contributed by atoms with Crippen LogP contribution in [0.25, 0.3) is 0 Å². The van der Waals surface area contributed by atoms with Crippen LogP contribution in [0.2, 0.25) is 0 Å². The van der Waals surface area contributed by atoms with E-state index in [1.54, 1.807) is 29.0 Å². The lowest BCUT2D eigenvalue weighted by molar-refractivity contribution is -0.126.